The number of halogens is 5. The van der Waals surface area contributed by atoms with Crippen LogP contribution in [0.2, 0.25) is 0 Å². The van der Waals surface area contributed by atoms with E-state index < -0.39 is 69.5 Å². The third kappa shape index (κ3) is 26.1. The van der Waals surface area contributed by atoms with Crippen LogP contribution < -0.4 is 20.6 Å². The number of primary sulfonamides is 4. The van der Waals surface area contributed by atoms with Gasteiger partial charge in [-0.1, -0.05) is 139 Å². The summed E-state index contributed by atoms with van der Waals surface area (Å²) in [6.07, 6.45) is 6.52. The van der Waals surface area contributed by atoms with Crippen molar-refractivity contribution in [3.05, 3.63) is 314 Å². The normalized spacial score (nSPS) is 15.7. The highest BCUT2D eigenvalue weighted by molar-refractivity contribution is 7.90. The molecule has 4 unspecified atom stereocenters. The number of hydrogen-bond acceptors (Lipinski definition) is 22. The number of nitrogens with two attached hydrogens (primary N) is 4. The molecular formula is C92H105F5N20O10S4. The van der Waals surface area contributed by atoms with E-state index in [9.17, 15) is 51.2 Å². The fraction of sp³-hybridized carbons (Fsp3) is 0.337. The van der Waals surface area contributed by atoms with Gasteiger partial charge in [-0.25, -0.2) is 115 Å². The molecule has 30 nitrogen and oxygen atoms in total. The minimum absolute atomic E-state index is 0.0681. The Kier molecular flexibility index (Phi) is 31.4. The maximum Gasteiger partial charge on any atom is 0.238 e. The van der Waals surface area contributed by atoms with Crippen molar-refractivity contribution in [1.82, 2.24) is 78.7 Å². The fourth-order valence-corrected chi connectivity index (χ4v) is 17.8. The summed E-state index contributed by atoms with van der Waals surface area (Å²) in [6, 6.07) is 52.4. The van der Waals surface area contributed by atoms with Gasteiger partial charge in [-0.3, -0.25) is 19.7 Å². The summed E-state index contributed by atoms with van der Waals surface area (Å²) in [7, 11) is -12.1. The van der Waals surface area contributed by atoms with E-state index in [-0.39, 0.29) is 60.2 Å². The number of likely N-dealkylation sites (tertiary alicyclic amines) is 1. The molecular weight excluding hydrogens is 1770 g/mol. The van der Waals surface area contributed by atoms with Gasteiger partial charge in [-0.2, -0.15) is 5.10 Å². The van der Waals surface area contributed by atoms with Crippen LogP contribution in [0.5, 0.6) is 0 Å². The molecule has 0 aliphatic carbocycles. The Balaban J connectivity index is 0.000000149. The Bertz CT molecular complexity index is 6700. The summed E-state index contributed by atoms with van der Waals surface area (Å²) >= 11 is 0. The highest BCUT2D eigenvalue weighted by atomic mass is 32.2. The zero-order valence-corrected chi connectivity index (χ0v) is 76.9. The highest BCUT2D eigenvalue weighted by Crippen LogP contribution is 2.31. The standard InChI is InChI=1S/C26H28FN5O2S.C23H28FN5O3S.C22H26FN5O3S.C21H23F2N5O2S/c1-17-7-6-8-20(13-17)15-26-30-25(14-18(2)19(3)23-9-4-5-12-29-23)31-32(26)24-11-10-21(16-22(24)27)35(28,33)34;1-16-4-3-5-17(12-16)13-23-26-22(15-28(2)18-8-10-32-11-9-18)27-29(23)21-7-6-19(14-20(21)24)33(25,30)31;1-15-4-3-5-16(10-15)11-22-25-21(13-27(2)17-8-9-31-14-17)26-28(22)20-7-6-18(12-19(20)23)32(24,29)30;1-14-3-2-4-15(9-14)10-21-25-20(13-27-8-7-16(22)12-27)26-28(21)19-6-5-17(11-18(19)23)31(24,29)30/h4-13,16,18-19H,14-15H2,1-3H3,(H2,28,33,34);3-7,12,14,18H,8-11,13,15H2,1-2H3,(H2,25,30,31);3-7,10,12,17H,8-9,11,13-14H2,1-2H3,(H2,24,29,30);2-6,9,11,16H,7-8,10,12-13H2,1H3,(H2,24,29,30). The van der Waals surface area contributed by atoms with Crippen molar-refractivity contribution in [2.24, 2.45) is 26.5 Å². The van der Waals surface area contributed by atoms with Crippen LogP contribution in [0.15, 0.2) is 214 Å². The number of hydrogen-bond donors (Lipinski definition) is 4. The van der Waals surface area contributed by atoms with E-state index in [1.807, 2.05) is 162 Å². The van der Waals surface area contributed by atoms with Crippen molar-refractivity contribution in [2.45, 2.75) is 163 Å². The lowest BCUT2D eigenvalue weighted by Gasteiger charge is -2.30. The van der Waals surface area contributed by atoms with Gasteiger partial charge in [-0.15, -0.1) is 15.3 Å². The number of rotatable bonds is 28. The molecule has 8 heterocycles. The van der Waals surface area contributed by atoms with Crippen molar-refractivity contribution in [3.63, 3.8) is 0 Å². The van der Waals surface area contributed by atoms with Gasteiger partial charge in [0.05, 0.1) is 45.8 Å². The van der Waals surface area contributed by atoms with Gasteiger partial charge in [0.2, 0.25) is 40.1 Å². The molecule has 4 atom stereocenters. The highest BCUT2D eigenvalue weighted by Gasteiger charge is 2.30. The summed E-state index contributed by atoms with van der Waals surface area (Å²) in [5.41, 5.74) is 9.86. The second-order valence-electron chi connectivity index (χ2n) is 33.3. The smallest absolute Gasteiger partial charge is 0.238 e. The molecule has 0 spiro atoms. The molecule has 131 heavy (non-hydrogen) atoms. The van der Waals surface area contributed by atoms with Crippen molar-refractivity contribution in [3.8, 4) is 22.7 Å². The van der Waals surface area contributed by atoms with Crippen LogP contribution in [0.1, 0.15) is 142 Å². The topological polar surface area (TPSA) is 405 Å². The maximum absolute atomic E-state index is 15.1. The van der Waals surface area contributed by atoms with Gasteiger partial charge in [0, 0.05) is 94.9 Å². The van der Waals surface area contributed by atoms with Gasteiger partial charge in [0.15, 0.2) is 23.3 Å². The number of ether oxygens (including phenoxy) is 2. The Morgan fingerprint density at radius 2 is 0.763 bits per heavy atom. The van der Waals surface area contributed by atoms with E-state index in [1.54, 1.807) is 6.20 Å². The predicted octanol–water partition coefficient (Wildman–Crippen LogP) is 11.6. The zero-order chi connectivity index (χ0) is 93.8. The second kappa shape index (κ2) is 42.4. The molecule has 692 valence electrons. The third-order valence-electron chi connectivity index (χ3n) is 22.8. The van der Waals surface area contributed by atoms with Crippen LogP contribution in [-0.2, 0) is 101 Å². The molecule has 16 rings (SSSR count). The van der Waals surface area contributed by atoms with Gasteiger partial charge in [-0.05, 0) is 181 Å². The van der Waals surface area contributed by atoms with Crippen molar-refractivity contribution >= 4 is 40.1 Å². The number of benzene rings is 8. The molecule has 0 amide bonds. The molecule has 3 saturated heterocycles. The first-order chi connectivity index (χ1) is 62.2. The number of aromatic nitrogens is 13. The molecule has 3 aliphatic rings. The van der Waals surface area contributed by atoms with E-state index in [2.05, 4.69) is 54.0 Å². The number of aryl methyl sites for hydroxylation is 4. The predicted molar refractivity (Wildman–Crippen MR) is 483 cm³/mol. The molecule has 13 aromatic rings. The van der Waals surface area contributed by atoms with E-state index in [0.717, 1.165) is 114 Å². The van der Waals surface area contributed by atoms with E-state index in [1.165, 1.54) is 67.3 Å². The first-order valence-electron chi connectivity index (χ1n) is 42.4. The third-order valence-corrected chi connectivity index (χ3v) is 26.4. The molecule has 8 N–H and O–H groups in total. The maximum atomic E-state index is 15.1. The van der Waals surface area contributed by atoms with Crippen LogP contribution in [0.3, 0.4) is 0 Å². The molecule has 3 fully saturated rings. The average molecular weight is 1870 g/mol. The summed E-state index contributed by atoms with van der Waals surface area (Å²) in [6.45, 7) is 17.4. The quantitative estimate of drug-likeness (QED) is 0.0331. The molecule has 8 aromatic carbocycles. The molecule has 0 bridgehead atoms. The fourth-order valence-electron chi connectivity index (χ4n) is 15.7. The minimum atomic E-state index is -4.03. The number of pyridine rings is 1. The summed E-state index contributed by atoms with van der Waals surface area (Å²) in [5, 5.41) is 38.8. The first-order valence-corrected chi connectivity index (χ1v) is 48.6. The number of sulfonamides is 4. The lowest BCUT2D eigenvalue weighted by Crippen LogP contribution is -2.36. The van der Waals surface area contributed by atoms with Crippen LogP contribution in [0.25, 0.3) is 22.7 Å². The summed E-state index contributed by atoms with van der Waals surface area (Å²) in [5.74, 6) is 1.70. The summed E-state index contributed by atoms with van der Waals surface area (Å²) < 4.78 is 183. The Morgan fingerprint density at radius 1 is 0.420 bits per heavy atom. The van der Waals surface area contributed by atoms with Crippen LogP contribution in [0.4, 0.5) is 22.0 Å². The second-order valence-corrected chi connectivity index (χ2v) is 39.5. The van der Waals surface area contributed by atoms with Gasteiger partial charge >= 0.3 is 0 Å². The Morgan fingerprint density at radius 3 is 1.09 bits per heavy atom. The lowest BCUT2D eigenvalue weighted by atomic mass is 9.89. The van der Waals surface area contributed by atoms with Crippen molar-refractivity contribution < 1.29 is 65.1 Å². The van der Waals surface area contributed by atoms with E-state index in [0.29, 0.717) is 130 Å². The monoisotopic (exact) mass is 1870 g/mol. The van der Waals surface area contributed by atoms with Gasteiger partial charge in [0.25, 0.3) is 0 Å². The number of nitrogens with zero attached hydrogens (tertiary/aromatic N) is 16. The first kappa shape index (κ1) is 97.1. The van der Waals surface area contributed by atoms with Crippen LogP contribution in [-0.4, -0.2) is 184 Å². The van der Waals surface area contributed by atoms with Crippen molar-refractivity contribution in [1.29, 1.82) is 0 Å². The Hall–Kier alpha value is -11.4. The lowest BCUT2D eigenvalue weighted by molar-refractivity contribution is 0.0399. The minimum Gasteiger partial charge on any atom is -0.381 e. The molecule has 0 radical (unpaired) electrons. The summed E-state index contributed by atoms with van der Waals surface area (Å²) in [4.78, 5) is 28.3. The van der Waals surface area contributed by atoms with Crippen LogP contribution in [0, 0.1) is 56.9 Å². The Labute approximate surface area is 759 Å². The van der Waals surface area contributed by atoms with E-state index in [4.69, 9.17) is 45.0 Å². The molecule has 3 aliphatic heterocycles. The van der Waals surface area contributed by atoms with Crippen LogP contribution >= 0.6 is 0 Å². The molecule has 39 heteroatoms. The largest absolute Gasteiger partial charge is 0.381 e. The van der Waals surface area contributed by atoms with Gasteiger partial charge in [0.1, 0.15) is 75.5 Å². The average Bonchev–Trinajstić information content (AvgIpc) is 1.77. The molecule has 5 aromatic heterocycles. The number of likely N-dealkylation sites (N-methyl/N-ethyl adjacent to an activating group) is 1. The van der Waals surface area contributed by atoms with E-state index >= 15 is 4.39 Å². The van der Waals surface area contributed by atoms with Gasteiger partial charge < -0.3 is 9.47 Å². The number of alkyl halides is 1. The van der Waals surface area contributed by atoms with Crippen molar-refractivity contribution in [2.75, 3.05) is 53.6 Å². The molecule has 0 saturated carbocycles. The SMILES string of the molecule is Cc1cccc(Cc2nc(CC(C)C(C)c3ccccn3)nn2-c2ccc(S(N)(=O)=O)cc2F)c1.Cc1cccc(Cc2nc(CN(C)C3CCOC3)nn2-c2ccc(S(N)(=O)=O)cc2F)c1.Cc1cccc(Cc2nc(CN(C)C3CCOCC3)nn2-c2ccc(S(N)(=O)=O)cc2F)c1.Cc1cccc(Cc2nc(CN3CCC(F)C3)nn2-c2ccc(S(N)(=O)=O)cc2F)c1. The zero-order valence-electron chi connectivity index (χ0n) is 73.7.